The van der Waals surface area contributed by atoms with Gasteiger partial charge in [-0.05, 0) is 49.2 Å². The number of pyridine rings is 1. The van der Waals surface area contributed by atoms with E-state index in [0.29, 0.717) is 11.8 Å². The zero-order valence-electron chi connectivity index (χ0n) is 14.5. The fourth-order valence-corrected chi connectivity index (χ4v) is 3.39. The Balaban J connectivity index is 1.70. The highest BCUT2D eigenvalue weighted by Crippen LogP contribution is 2.38. The van der Waals surface area contributed by atoms with Gasteiger partial charge in [0.15, 0.2) is 0 Å². The molecule has 0 amide bonds. The minimum Gasteiger partial charge on any atom is -0.473 e. The average Bonchev–Trinajstić information content (AvgIpc) is 3.10. The van der Waals surface area contributed by atoms with Crippen LogP contribution in [0.3, 0.4) is 0 Å². The largest absolute Gasteiger partial charge is 0.473 e. The van der Waals surface area contributed by atoms with E-state index in [1.807, 2.05) is 38.2 Å². The number of oxime groups is 1. The van der Waals surface area contributed by atoms with Crippen molar-refractivity contribution in [2.75, 3.05) is 13.6 Å². The molecule has 0 N–H and O–H groups in total. The fraction of sp³-hybridized carbons (Fsp3) is 0.588. The molecule has 130 valence electrons. The van der Waals surface area contributed by atoms with Crippen molar-refractivity contribution in [3.05, 3.63) is 16.2 Å². The highest BCUT2D eigenvalue weighted by molar-refractivity contribution is 9.10. The van der Waals surface area contributed by atoms with E-state index in [0.717, 1.165) is 41.0 Å². The number of aromatic nitrogens is 1. The molecule has 1 aliphatic heterocycles. The molecular weight excluding hydrogens is 372 g/mol. The molecule has 2 heterocycles. The number of hydrogen-bond donors (Lipinski definition) is 0. The second-order valence-electron chi connectivity index (χ2n) is 6.39. The molecule has 1 fully saturated rings. The highest BCUT2D eigenvalue weighted by atomic mass is 79.9. The molecule has 1 aliphatic carbocycles. The van der Waals surface area contributed by atoms with Crippen molar-refractivity contribution >= 4 is 33.7 Å². The maximum absolute atomic E-state index is 6.12. The maximum Gasteiger partial charge on any atom is 0.228 e. The molecule has 0 bridgehead atoms. The summed E-state index contributed by atoms with van der Waals surface area (Å²) < 4.78 is 6.94. The molecule has 0 saturated heterocycles. The molecule has 2 aliphatic rings. The van der Waals surface area contributed by atoms with Gasteiger partial charge < -0.3 is 14.5 Å². The Hall–Kier alpha value is -1.63. The standard InChI is InChI=1S/C17H23BrN4O2/c1-5-22(4)9-19-15-8-14(18)17(20-11(15)3)23-12-6-13-10(2)21-24-16(13)7-12/h8-9,12-13,16H,5-7H2,1-4H3/b19-9+/t12-,13-,16-/m0/s1. The lowest BCUT2D eigenvalue weighted by molar-refractivity contribution is 0.0639. The highest BCUT2D eigenvalue weighted by Gasteiger charge is 2.42. The molecule has 24 heavy (non-hydrogen) atoms. The second kappa shape index (κ2) is 7.09. The normalized spacial score (nSPS) is 25.5. The van der Waals surface area contributed by atoms with Gasteiger partial charge in [-0.1, -0.05) is 5.16 Å². The second-order valence-corrected chi connectivity index (χ2v) is 7.25. The van der Waals surface area contributed by atoms with Gasteiger partial charge in [-0.3, -0.25) is 0 Å². The van der Waals surface area contributed by atoms with Crippen LogP contribution in [-0.2, 0) is 4.84 Å². The Kier molecular flexibility index (Phi) is 5.08. The Morgan fingerprint density at radius 2 is 2.25 bits per heavy atom. The number of nitrogens with zero attached hydrogens (tertiary/aromatic N) is 4. The summed E-state index contributed by atoms with van der Waals surface area (Å²) >= 11 is 3.56. The molecule has 3 rings (SSSR count). The molecule has 1 saturated carbocycles. The molecule has 1 aromatic heterocycles. The van der Waals surface area contributed by atoms with Gasteiger partial charge in [0.2, 0.25) is 5.88 Å². The number of hydrogen-bond acceptors (Lipinski definition) is 5. The summed E-state index contributed by atoms with van der Waals surface area (Å²) in [6.07, 6.45) is 3.85. The van der Waals surface area contributed by atoms with Crippen molar-refractivity contribution < 1.29 is 9.57 Å². The topological polar surface area (TPSA) is 59.3 Å². The van der Waals surface area contributed by atoms with Crippen molar-refractivity contribution in [1.29, 1.82) is 0 Å². The minimum absolute atomic E-state index is 0.106. The number of aryl methyl sites for hydroxylation is 1. The molecule has 0 unspecified atom stereocenters. The van der Waals surface area contributed by atoms with E-state index >= 15 is 0 Å². The predicted octanol–water partition coefficient (Wildman–Crippen LogP) is 3.70. The van der Waals surface area contributed by atoms with Gasteiger partial charge in [-0.15, -0.1) is 0 Å². The first-order chi connectivity index (χ1) is 11.5. The van der Waals surface area contributed by atoms with Crippen LogP contribution in [0.1, 0.15) is 32.4 Å². The van der Waals surface area contributed by atoms with E-state index in [1.165, 1.54) is 0 Å². The van der Waals surface area contributed by atoms with Crippen LogP contribution < -0.4 is 4.74 Å². The van der Waals surface area contributed by atoms with Crippen LogP contribution in [0, 0.1) is 12.8 Å². The first-order valence-corrected chi connectivity index (χ1v) is 9.05. The molecular formula is C17H23BrN4O2. The lowest BCUT2D eigenvalue weighted by Crippen LogP contribution is -2.16. The van der Waals surface area contributed by atoms with Crippen LogP contribution in [0.15, 0.2) is 20.7 Å². The van der Waals surface area contributed by atoms with Gasteiger partial charge in [-0.25, -0.2) is 9.98 Å². The van der Waals surface area contributed by atoms with Crippen molar-refractivity contribution in [3.63, 3.8) is 0 Å². The first kappa shape index (κ1) is 17.2. The molecule has 0 spiro atoms. The van der Waals surface area contributed by atoms with E-state index in [1.54, 1.807) is 0 Å². The van der Waals surface area contributed by atoms with E-state index in [4.69, 9.17) is 9.57 Å². The zero-order valence-corrected chi connectivity index (χ0v) is 16.1. The summed E-state index contributed by atoms with van der Waals surface area (Å²) in [7, 11) is 1.99. The van der Waals surface area contributed by atoms with Crippen molar-refractivity contribution in [2.24, 2.45) is 16.1 Å². The summed E-state index contributed by atoms with van der Waals surface area (Å²) in [6.45, 7) is 6.96. The molecule has 3 atom stereocenters. The summed E-state index contributed by atoms with van der Waals surface area (Å²) in [4.78, 5) is 16.5. The lowest BCUT2D eigenvalue weighted by atomic mass is 10.0. The third kappa shape index (κ3) is 3.55. The van der Waals surface area contributed by atoms with Crippen LogP contribution in [0.4, 0.5) is 5.69 Å². The first-order valence-electron chi connectivity index (χ1n) is 8.26. The SMILES string of the molecule is CCN(C)/C=N/c1cc(Br)c(O[C@@H]2C[C@@H]3ON=C(C)[C@@H]3C2)nc1C. The third-order valence-electron chi connectivity index (χ3n) is 4.61. The van der Waals surface area contributed by atoms with Crippen molar-refractivity contribution in [3.8, 4) is 5.88 Å². The fourth-order valence-electron chi connectivity index (χ4n) is 2.99. The van der Waals surface area contributed by atoms with Gasteiger partial charge in [0.25, 0.3) is 0 Å². The van der Waals surface area contributed by atoms with Gasteiger partial charge in [0.1, 0.15) is 12.2 Å². The van der Waals surface area contributed by atoms with Crippen molar-refractivity contribution in [1.82, 2.24) is 9.88 Å². The smallest absolute Gasteiger partial charge is 0.228 e. The summed E-state index contributed by atoms with van der Waals surface area (Å²) in [5.74, 6) is 0.998. The Morgan fingerprint density at radius 3 is 2.96 bits per heavy atom. The molecule has 7 heteroatoms. The van der Waals surface area contributed by atoms with Gasteiger partial charge >= 0.3 is 0 Å². The van der Waals surface area contributed by atoms with Crippen LogP contribution >= 0.6 is 15.9 Å². The minimum atomic E-state index is 0.106. The Bertz CT molecular complexity index is 677. The summed E-state index contributed by atoms with van der Waals surface area (Å²) in [5.41, 5.74) is 2.75. The average molecular weight is 395 g/mol. The van der Waals surface area contributed by atoms with Gasteiger partial charge in [0.05, 0.1) is 27.9 Å². The lowest BCUT2D eigenvalue weighted by Gasteiger charge is -2.15. The van der Waals surface area contributed by atoms with E-state index < -0.39 is 0 Å². The predicted molar refractivity (Wildman–Crippen MR) is 98.3 cm³/mol. The number of aliphatic imine (C=N–C) groups is 1. The van der Waals surface area contributed by atoms with Crippen LogP contribution in [-0.4, -0.2) is 47.7 Å². The number of fused-ring (bicyclic) bond motifs is 1. The molecule has 0 aromatic carbocycles. The monoisotopic (exact) mass is 394 g/mol. The van der Waals surface area contributed by atoms with Crippen molar-refractivity contribution in [2.45, 2.75) is 45.8 Å². The zero-order chi connectivity index (χ0) is 17.3. The third-order valence-corrected chi connectivity index (χ3v) is 5.18. The Labute approximate surface area is 151 Å². The number of ether oxygens (including phenoxy) is 1. The summed E-state index contributed by atoms with van der Waals surface area (Å²) in [6, 6.07) is 1.96. The van der Waals surface area contributed by atoms with E-state index in [9.17, 15) is 0 Å². The molecule has 0 radical (unpaired) electrons. The van der Waals surface area contributed by atoms with E-state index in [2.05, 4.69) is 38.0 Å². The Morgan fingerprint density at radius 1 is 1.46 bits per heavy atom. The number of rotatable bonds is 5. The maximum atomic E-state index is 6.12. The molecule has 6 nitrogen and oxygen atoms in total. The quantitative estimate of drug-likeness (QED) is 0.564. The van der Waals surface area contributed by atoms with Crippen LogP contribution in [0.5, 0.6) is 5.88 Å². The van der Waals surface area contributed by atoms with E-state index in [-0.39, 0.29) is 12.2 Å². The van der Waals surface area contributed by atoms with Gasteiger partial charge in [0, 0.05) is 25.9 Å². The van der Waals surface area contributed by atoms with Crippen LogP contribution in [0.2, 0.25) is 0 Å². The molecule has 1 aromatic rings. The van der Waals surface area contributed by atoms with Gasteiger partial charge in [-0.2, -0.15) is 0 Å². The summed E-state index contributed by atoms with van der Waals surface area (Å²) in [5, 5.41) is 4.06. The van der Waals surface area contributed by atoms with Crippen LogP contribution in [0.25, 0.3) is 0 Å². The number of halogens is 1.